The van der Waals surface area contributed by atoms with Gasteiger partial charge in [-0.2, -0.15) is 5.26 Å². The maximum absolute atomic E-state index is 12.0. The third-order valence-corrected chi connectivity index (χ3v) is 3.14. The summed E-state index contributed by atoms with van der Waals surface area (Å²) in [7, 11) is 0. The fourth-order valence-electron chi connectivity index (χ4n) is 1.99. The number of amides is 1. The van der Waals surface area contributed by atoms with Gasteiger partial charge in [0.2, 0.25) is 5.88 Å². The van der Waals surface area contributed by atoms with Crippen molar-refractivity contribution in [3.8, 4) is 11.9 Å². The average Bonchev–Trinajstić information content (AvgIpc) is 2.89. The van der Waals surface area contributed by atoms with Crippen molar-refractivity contribution in [1.82, 2.24) is 15.0 Å². The molecule has 3 heterocycles. The third-order valence-electron chi connectivity index (χ3n) is 3.14. The van der Waals surface area contributed by atoms with Crippen LogP contribution in [0.15, 0.2) is 28.9 Å². The van der Waals surface area contributed by atoms with Gasteiger partial charge >= 0.3 is 0 Å². The van der Waals surface area contributed by atoms with Gasteiger partial charge in [0.05, 0.1) is 18.7 Å². The summed E-state index contributed by atoms with van der Waals surface area (Å²) in [4.78, 5) is 17.7. The second-order valence-electron chi connectivity index (χ2n) is 4.77. The van der Waals surface area contributed by atoms with Gasteiger partial charge in [0.1, 0.15) is 17.9 Å². The van der Waals surface area contributed by atoms with Gasteiger partial charge in [-0.3, -0.25) is 4.79 Å². The minimum Gasteiger partial charge on any atom is -0.471 e. The molecule has 7 nitrogen and oxygen atoms in total. The number of ether oxygens (including phenoxy) is 1. The van der Waals surface area contributed by atoms with Crippen LogP contribution >= 0.6 is 0 Å². The first kappa shape index (κ1) is 13.1. The number of nitriles is 1. The van der Waals surface area contributed by atoms with Gasteiger partial charge in [0.25, 0.3) is 5.91 Å². The zero-order chi connectivity index (χ0) is 14.8. The molecule has 1 aliphatic rings. The van der Waals surface area contributed by atoms with Gasteiger partial charge in [-0.05, 0) is 13.0 Å². The maximum atomic E-state index is 12.0. The van der Waals surface area contributed by atoms with Crippen LogP contribution in [-0.4, -0.2) is 40.1 Å². The van der Waals surface area contributed by atoms with Crippen molar-refractivity contribution in [3.05, 3.63) is 41.4 Å². The molecule has 21 heavy (non-hydrogen) atoms. The van der Waals surface area contributed by atoms with Crippen molar-refractivity contribution in [2.24, 2.45) is 0 Å². The molecular weight excluding hydrogens is 272 g/mol. The molecule has 1 saturated heterocycles. The minimum absolute atomic E-state index is 0.0950. The molecule has 0 radical (unpaired) electrons. The Morgan fingerprint density at radius 1 is 1.52 bits per heavy atom. The van der Waals surface area contributed by atoms with Gasteiger partial charge in [-0.25, -0.2) is 4.98 Å². The highest BCUT2D eigenvalue weighted by atomic mass is 16.5. The standard InChI is InChI=1S/C14H12N4O3/c1-9-4-12(17-21-9)14(19)18-7-11(8-18)20-13-3-2-10(5-15)6-16-13/h2-4,6,11H,7-8H2,1H3. The molecular formula is C14H12N4O3. The van der Waals surface area contributed by atoms with Gasteiger partial charge in [-0.15, -0.1) is 0 Å². The van der Waals surface area contributed by atoms with Crippen molar-refractivity contribution < 1.29 is 14.1 Å². The number of hydrogen-bond acceptors (Lipinski definition) is 6. The van der Waals surface area contributed by atoms with Crippen LogP contribution in [0.3, 0.4) is 0 Å². The van der Waals surface area contributed by atoms with Gasteiger partial charge in [-0.1, -0.05) is 5.16 Å². The highest BCUT2D eigenvalue weighted by Crippen LogP contribution is 2.18. The van der Waals surface area contributed by atoms with Crippen LogP contribution in [0.25, 0.3) is 0 Å². The number of nitrogens with zero attached hydrogens (tertiary/aromatic N) is 4. The van der Waals surface area contributed by atoms with Crippen LogP contribution in [-0.2, 0) is 0 Å². The summed E-state index contributed by atoms with van der Waals surface area (Å²) in [6.45, 7) is 2.70. The SMILES string of the molecule is Cc1cc(C(=O)N2CC(Oc3ccc(C#N)cn3)C2)no1. The summed E-state index contributed by atoms with van der Waals surface area (Å²) in [5.74, 6) is 0.885. The number of rotatable bonds is 3. The summed E-state index contributed by atoms with van der Waals surface area (Å²) < 4.78 is 10.5. The first-order valence-electron chi connectivity index (χ1n) is 6.41. The topological polar surface area (TPSA) is 92.2 Å². The Labute approximate surface area is 120 Å². The van der Waals surface area contributed by atoms with Crippen molar-refractivity contribution in [2.45, 2.75) is 13.0 Å². The molecule has 106 valence electrons. The molecule has 2 aromatic rings. The number of carbonyl (C=O) groups is 1. The summed E-state index contributed by atoms with van der Waals surface area (Å²) in [5, 5.41) is 12.4. The van der Waals surface area contributed by atoms with Crippen LogP contribution < -0.4 is 4.74 Å². The molecule has 0 atom stereocenters. The van der Waals surface area contributed by atoms with E-state index in [9.17, 15) is 4.79 Å². The monoisotopic (exact) mass is 284 g/mol. The van der Waals surface area contributed by atoms with E-state index in [4.69, 9.17) is 14.5 Å². The Kier molecular flexibility index (Phi) is 3.28. The maximum Gasteiger partial charge on any atom is 0.276 e. The molecule has 0 aliphatic carbocycles. The number of aromatic nitrogens is 2. The highest BCUT2D eigenvalue weighted by Gasteiger charge is 2.34. The number of hydrogen-bond donors (Lipinski definition) is 0. The molecule has 7 heteroatoms. The lowest BCUT2D eigenvalue weighted by Crippen LogP contribution is -2.56. The van der Waals surface area contributed by atoms with Crippen LogP contribution in [0, 0.1) is 18.3 Å². The van der Waals surface area contributed by atoms with E-state index in [0.717, 1.165) is 0 Å². The highest BCUT2D eigenvalue weighted by molar-refractivity contribution is 5.92. The van der Waals surface area contributed by atoms with E-state index in [1.54, 1.807) is 30.0 Å². The van der Waals surface area contributed by atoms with E-state index < -0.39 is 0 Å². The Hall–Kier alpha value is -2.88. The van der Waals surface area contributed by atoms with E-state index in [2.05, 4.69) is 10.1 Å². The molecule has 2 aromatic heterocycles. The molecule has 3 rings (SSSR count). The minimum atomic E-state index is -0.167. The Morgan fingerprint density at radius 2 is 2.33 bits per heavy atom. The predicted octanol–water partition coefficient (Wildman–Crippen LogP) is 1.15. The van der Waals surface area contributed by atoms with Gasteiger partial charge in [0, 0.05) is 18.3 Å². The lowest BCUT2D eigenvalue weighted by atomic mass is 10.1. The van der Waals surface area contributed by atoms with E-state index in [1.807, 2.05) is 6.07 Å². The van der Waals surface area contributed by atoms with Crippen LogP contribution in [0.4, 0.5) is 0 Å². The summed E-state index contributed by atoms with van der Waals surface area (Å²) in [6.07, 6.45) is 1.36. The van der Waals surface area contributed by atoms with Crippen LogP contribution in [0.1, 0.15) is 21.8 Å². The Bertz CT molecular complexity index is 696. The fraction of sp³-hybridized carbons (Fsp3) is 0.286. The van der Waals surface area contributed by atoms with Crippen molar-refractivity contribution >= 4 is 5.91 Å². The fourth-order valence-corrected chi connectivity index (χ4v) is 1.99. The zero-order valence-corrected chi connectivity index (χ0v) is 11.3. The normalized spacial score (nSPS) is 14.4. The van der Waals surface area contributed by atoms with E-state index in [0.29, 0.717) is 36.0 Å². The lowest BCUT2D eigenvalue weighted by Gasteiger charge is -2.38. The van der Waals surface area contributed by atoms with E-state index in [-0.39, 0.29) is 12.0 Å². The smallest absolute Gasteiger partial charge is 0.276 e. The first-order valence-corrected chi connectivity index (χ1v) is 6.41. The summed E-state index contributed by atoms with van der Waals surface area (Å²) in [6, 6.07) is 6.88. The Morgan fingerprint density at radius 3 is 2.90 bits per heavy atom. The van der Waals surface area contributed by atoms with Crippen molar-refractivity contribution in [1.29, 1.82) is 5.26 Å². The summed E-state index contributed by atoms with van der Waals surface area (Å²) >= 11 is 0. The molecule has 0 N–H and O–H groups in total. The van der Waals surface area contributed by atoms with E-state index in [1.165, 1.54) is 6.20 Å². The van der Waals surface area contributed by atoms with Gasteiger partial charge in [0.15, 0.2) is 5.69 Å². The second kappa shape index (κ2) is 5.25. The van der Waals surface area contributed by atoms with E-state index >= 15 is 0 Å². The zero-order valence-electron chi connectivity index (χ0n) is 11.3. The predicted molar refractivity (Wildman–Crippen MR) is 70.5 cm³/mol. The lowest BCUT2D eigenvalue weighted by molar-refractivity contribution is 0.0153. The molecule has 0 spiro atoms. The van der Waals surface area contributed by atoms with Gasteiger partial charge < -0.3 is 14.2 Å². The summed E-state index contributed by atoms with van der Waals surface area (Å²) in [5.41, 5.74) is 0.789. The molecule has 0 bridgehead atoms. The molecule has 1 fully saturated rings. The molecule has 0 aromatic carbocycles. The third kappa shape index (κ3) is 2.69. The Balaban J connectivity index is 1.53. The van der Waals surface area contributed by atoms with Crippen LogP contribution in [0.5, 0.6) is 5.88 Å². The quantitative estimate of drug-likeness (QED) is 0.839. The average molecular weight is 284 g/mol. The first-order chi connectivity index (χ1) is 10.2. The number of pyridine rings is 1. The van der Waals surface area contributed by atoms with Crippen LogP contribution in [0.2, 0.25) is 0 Å². The van der Waals surface area contributed by atoms with Crippen molar-refractivity contribution in [2.75, 3.05) is 13.1 Å². The molecule has 0 unspecified atom stereocenters. The molecule has 1 aliphatic heterocycles. The number of carbonyl (C=O) groups excluding carboxylic acids is 1. The number of aryl methyl sites for hydroxylation is 1. The molecule has 1 amide bonds. The second-order valence-corrected chi connectivity index (χ2v) is 4.77. The largest absolute Gasteiger partial charge is 0.471 e. The number of likely N-dealkylation sites (tertiary alicyclic amines) is 1. The molecule has 0 saturated carbocycles. The van der Waals surface area contributed by atoms with Crippen molar-refractivity contribution in [3.63, 3.8) is 0 Å².